The highest BCUT2D eigenvalue weighted by molar-refractivity contribution is 7.16. The first-order valence-corrected chi connectivity index (χ1v) is 9.09. The van der Waals surface area contributed by atoms with Crippen LogP contribution in [0.3, 0.4) is 0 Å². The Labute approximate surface area is 166 Å². The van der Waals surface area contributed by atoms with Gasteiger partial charge in [-0.1, -0.05) is 16.8 Å². The molecule has 0 aliphatic rings. The van der Waals surface area contributed by atoms with Gasteiger partial charge in [-0.25, -0.2) is 9.37 Å². The summed E-state index contributed by atoms with van der Waals surface area (Å²) in [5.74, 6) is 0.0281. The summed E-state index contributed by atoms with van der Waals surface area (Å²) in [6.07, 6.45) is 2.56. The van der Waals surface area contributed by atoms with Crippen molar-refractivity contribution in [2.75, 3.05) is 7.11 Å². The molecule has 1 atom stereocenters. The Hall–Kier alpha value is -3.11. The number of fused-ring (bicyclic) bond motifs is 1. The largest absolute Gasteiger partial charge is 0.474 e. The van der Waals surface area contributed by atoms with Crippen molar-refractivity contribution in [2.24, 2.45) is 5.16 Å². The monoisotopic (exact) mass is 419 g/mol. The van der Waals surface area contributed by atoms with E-state index in [-0.39, 0.29) is 11.5 Å². The van der Waals surface area contributed by atoms with Gasteiger partial charge in [0.15, 0.2) is 0 Å². The van der Waals surface area contributed by atoms with Crippen LogP contribution in [0.25, 0.3) is 10.2 Å². The lowest BCUT2D eigenvalue weighted by Crippen LogP contribution is -2.13. The van der Waals surface area contributed by atoms with E-state index in [1.807, 2.05) is 0 Å². The molecule has 3 aromatic heterocycles. The number of halogens is 2. The molecule has 0 aliphatic carbocycles. The molecule has 1 unspecified atom stereocenters. The van der Waals surface area contributed by atoms with Gasteiger partial charge in [0.2, 0.25) is 12.5 Å². The number of ether oxygens (including phenoxy) is 1. The lowest BCUT2D eigenvalue weighted by Gasteiger charge is -2.16. The zero-order valence-electron chi connectivity index (χ0n) is 14.2. The SMILES string of the molecule is CO/N=C/c1cc(C(Oc2cc(Cl)c3ncsc3c2)c2nnco2)ncc1F. The number of hydrogen-bond acceptors (Lipinski definition) is 9. The molecule has 3 heterocycles. The lowest BCUT2D eigenvalue weighted by molar-refractivity contribution is 0.203. The van der Waals surface area contributed by atoms with Crippen molar-refractivity contribution in [3.8, 4) is 5.75 Å². The van der Waals surface area contributed by atoms with Crippen LogP contribution in [0.15, 0.2) is 45.9 Å². The summed E-state index contributed by atoms with van der Waals surface area (Å²) in [6.45, 7) is 0. The molecule has 4 rings (SSSR count). The van der Waals surface area contributed by atoms with Crippen LogP contribution in [0.1, 0.15) is 23.3 Å². The smallest absolute Gasteiger partial charge is 0.263 e. The van der Waals surface area contributed by atoms with Gasteiger partial charge in [-0.2, -0.15) is 0 Å². The van der Waals surface area contributed by atoms with Crippen molar-refractivity contribution in [3.63, 3.8) is 0 Å². The standard InChI is InChI=1S/C17H11ClFN5O3S/c1-25-23-5-9-2-13(20-6-12(9)19)16(17-24-22-7-26-17)27-10-3-11(18)15-14(4-10)28-8-21-15/h2-8,16H,1H3/b23-5+. The van der Waals surface area contributed by atoms with Crippen molar-refractivity contribution >= 4 is 39.4 Å². The van der Waals surface area contributed by atoms with Crippen LogP contribution < -0.4 is 4.74 Å². The summed E-state index contributed by atoms with van der Waals surface area (Å²) in [5, 5.41) is 11.6. The third-order valence-corrected chi connectivity index (χ3v) is 4.75. The molecule has 0 N–H and O–H groups in total. The van der Waals surface area contributed by atoms with E-state index >= 15 is 0 Å². The summed E-state index contributed by atoms with van der Waals surface area (Å²) in [6, 6.07) is 4.88. The summed E-state index contributed by atoms with van der Waals surface area (Å²) in [4.78, 5) is 12.9. The molecule has 1 aromatic carbocycles. The Morgan fingerprint density at radius 2 is 2.21 bits per heavy atom. The predicted molar refractivity (Wildman–Crippen MR) is 100 cm³/mol. The molecule has 28 heavy (non-hydrogen) atoms. The third kappa shape index (κ3) is 3.64. The molecule has 0 radical (unpaired) electrons. The number of hydrogen-bond donors (Lipinski definition) is 0. The minimum absolute atomic E-state index is 0.147. The van der Waals surface area contributed by atoms with Gasteiger partial charge in [0.1, 0.15) is 24.2 Å². The second-order valence-electron chi connectivity index (χ2n) is 5.43. The van der Waals surface area contributed by atoms with Crippen molar-refractivity contribution < 1.29 is 18.4 Å². The third-order valence-electron chi connectivity index (χ3n) is 3.69. The fourth-order valence-electron chi connectivity index (χ4n) is 2.46. The van der Waals surface area contributed by atoms with Crippen molar-refractivity contribution in [3.05, 3.63) is 64.3 Å². The molecule has 11 heteroatoms. The summed E-state index contributed by atoms with van der Waals surface area (Å²) in [7, 11) is 1.36. The molecule has 0 fully saturated rings. The maximum Gasteiger partial charge on any atom is 0.263 e. The van der Waals surface area contributed by atoms with E-state index in [4.69, 9.17) is 20.8 Å². The Kier molecular flexibility index (Phi) is 5.13. The number of oxime groups is 1. The maximum atomic E-state index is 14.0. The molecule has 0 bridgehead atoms. The maximum absolute atomic E-state index is 14.0. The highest BCUT2D eigenvalue weighted by atomic mass is 35.5. The predicted octanol–water partition coefficient (Wildman–Crippen LogP) is 4.02. The molecule has 0 amide bonds. The van der Waals surface area contributed by atoms with E-state index in [0.717, 1.165) is 10.9 Å². The number of benzene rings is 1. The number of thiazole rings is 1. The molecule has 0 spiro atoms. The summed E-state index contributed by atoms with van der Waals surface area (Å²) in [5.41, 5.74) is 2.88. The van der Waals surface area contributed by atoms with Gasteiger partial charge in [0.05, 0.1) is 33.3 Å². The fourth-order valence-corrected chi connectivity index (χ4v) is 3.51. The summed E-state index contributed by atoms with van der Waals surface area (Å²) < 4.78 is 26.2. The molecule has 142 valence electrons. The number of rotatable bonds is 6. The Bertz CT molecular complexity index is 1140. The first kappa shape index (κ1) is 18.3. The van der Waals surface area contributed by atoms with Crippen LogP contribution in [0.5, 0.6) is 5.75 Å². The van der Waals surface area contributed by atoms with Crippen LogP contribution in [0.4, 0.5) is 4.39 Å². The van der Waals surface area contributed by atoms with Crippen LogP contribution in [-0.2, 0) is 4.84 Å². The van der Waals surface area contributed by atoms with Crippen LogP contribution in [-0.4, -0.2) is 33.5 Å². The second kappa shape index (κ2) is 7.87. The fraction of sp³-hybridized carbons (Fsp3) is 0.118. The van der Waals surface area contributed by atoms with Gasteiger partial charge in [0, 0.05) is 11.6 Å². The van der Waals surface area contributed by atoms with E-state index in [1.54, 1.807) is 17.6 Å². The van der Waals surface area contributed by atoms with Gasteiger partial charge in [-0.05, 0) is 12.1 Å². The van der Waals surface area contributed by atoms with Crippen LogP contribution in [0, 0.1) is 5.82 Å². The first-order valence-electron chi connectivity index (χ1n) is 7.83. The molecule has 0 aliphatic heterocycles. The zero-order valence-corrected chi connectivity index (χ0v) is 15.8. The van der Waals surface area contributed by atoms with Crippen LogP contribution in [0.2, 0.25) is 5.02 Å². The minimum Gasteiger partial charge on any atom is -0.474 e. The first-order chi connectivity index (χ1) is 13.7. The normalized spacial score (nSPS) is 12.5. The van der Waals surface area contributed by atoms with E-state index in [9.17, 15) is 4.39 Å². The second-order valence-corrected chi connectivity index (χ2v) is 6.72. The Balaban J connectivity index is 1.75. The molecular weight excluding hydrogens is 409 g/mol. The minimum atomic E-state index is -0.890. The van der Waals surface area contributed by atoms with Gasteiger partial charge in [-0.3, -0.25) is 4.98 Å². The van der Waals surface area contributed by atoms with Crippen molar-refractivity contribution in [2.45, 2.75) is 6.10 Å². The molecular formula is C17H11ClFN5O3S. The average Bonchev–Trinajstić information content (AvgIpc) is 3.37. The molecule has 0 saturated carbocycles. The number of aromatic nitrogens is 4. The lowest BCUT2D eigenvalue weighted by atomic mass is 10.1. The van der Waals surface area contributed by atoms with E-state index in [0.29, 0.717) is 22.0 Å². The van der Waals surface area contributed by atoms with E-state index in [2.05, 4.69) is 30.2 Å². The van der Waals surface area contributed by atoms with E-state index < -0.39 is 11.9 Å². The molecule has 4 aromatic rings. The average molecular weight is 420 g/mol. The van der Waals surface area contributed by atoms with Crippen molar-refractivity contribution in [1.82, 2.24) is 20.2 Å². The van der Waals surface area contributed by atoms with E-state index in [1.165, 1.54) is 37.1 Å². The topological polar surface area (TPSA) is 95.5 Å². The highest BCUT2D eigenvalue weighted by Gasteiger charge is 2.25. The van der Waals surface area contributed by atoms with Crippen LogP contribution >= 0.6 is 22.9 Å². The quantitative estimate of drug-likeness (QED) is 0.344. The van der Waals surface area contributed by atoms with Gasteiger partial charge in [0.25, 0.3) is 5.89 Å². The number of nitrogens with zero attached hydrogens (tertiary/aromatic N) is 5. The number of pyridine rings is 1. The molecule has 8 nitrogen and oxygen atoms in total. The van der Waals surface area contributed by atoms with Crippen molar-refractivity contribution in [1.29, 1.82) is 0 Å². The van der Waals surface area contributed by atoms with Gasteiger partial charge >= 0.3 is 0 Å². The molecule has 0 saturated heterocycles. The highest BCUT2D eigenvalue weighted by Crippen LogP contribution is 2.34. The van der Waals surface area contributed by atoms with Gasteiger partial charge < -0.3 is 14.0 Å². The Morgan fingerprint density at radius 1 is 1.32 bits per heavy atom. The Morgan fingerprint density at radius 3 is 3.00 bits per heavy atom. The summed E-state index contributed by atoms with van der Waals surface area (Å²) >= 11 is 7.70. The zero-order chi connectivity index (χ0) is 19.5. The van der Waals surface area contributed by atoms with Gasteiger partial charge in [-0.15, -0.1) is 21.5 Å².